The minimum atomic E-state index is -0.607. The Balaban J connectivity index is 2.81. The minimum Gasteiger partial charge on any atom is -0.504 e. The molecule has 5 heteroatoms. The van der Waals surface area contributed by atoms with E-state index in [0.717, 1.165) is 0 Å². The summed E-state index contributed by atoms with van der Waals surface area (Å²) < 4.78 is 9.77. The number of hydrogen-bond acceptors (Lipinski definition) is 5. The van der Waals surface area contributed by atoms with E-state index < -0.39 is 6.04 Å². The summed E-state index contributed by atoms with van der Waals surface area (Å²) in [5, 5.41) is 9.84. The van der Waals surface area contributed by atoms with Gasteiger partial charge in [-0.15, -0.1) is 0 Å². The molecule has 0 aliphatic carbocycles. The normalized spacial score (nSPS) is 11.9. The first-order chi connectivity index (χ1) is 8.10. The quantitative estimate of drug-likeness (QED) is 0.758. The number of carbonyl (C=O) groups is 1. The molecule has 1 aromatic carbocycles. The number of phenolic OH excluding ortho intramolecular Hbond substituents is 1. The van der Waals surface area contributed by atoms with Crippen molar-refractivity contribution in [1.82, 2.24) is 0 Å². The Morgan fingerprint density at radius 2 is 2.24 bits per heavy atom. The zero-order chi connectivity index (χ0) is 12.8. The summed E-state index contributed by atoms with van der Waals surface area (Å²) in [5.74, 6) is -0.0872. The number of para-hydroxylation sites is 1. The highest BCUT2D eigenvalue weighted by Gasteiger charge is 2.17. The molecule has 0 aliphatic rings. The number of aromatic hydroxyl groups is 1. The van der Waals surface area contributed by atoms with E-state index in [2.05, 4.69) is 0 Å². The van der Waals surface area contributed by atoms with Gasteiger partial charge in [0.25, 0.3) is 0 Å². The largest absolute Gasteiger partial charge is 0.504 e. The summed E-state index contributed by atoms with van der Waals surface area (Å²) in [6.45, 7) is 2.04. The molecule has 0 aliphatic heterocycles. The number of methoxy groups -OCH3 is 1. The molecule has 1 aromatic rings. The molecule has 17 heavy (non-hydrogen) atoms. The average molecular weight is 239 g/mol. The van der Waals surface area contributed by atoms with Gasteiger partial charge in [-0.25, -0.2) is 0 Å². The van der Waals surface area contributed by atoms with Crippen LogP contribution >= 0.6 is 0 Å². The lowest BCUT2D eigenvalue weighted by Crippen LogP contribution is -2.17. The molecule has 0 spiro atoms. The molecule has 0 saturated heterocycles. The summed E-state index contributed by atoms with van der Waals surface area (Å²) >= 11 is 0. The molecular formula is C12H17NO4. The molecule has 1 atom stereocenters. The maximum atomic E-state index is 11.3. The Kier molecular flexibility index (Phi) is 4.78. The number of hydrogen-bond donors (Lipinski definition) is 2. The fourth-order valence-corrected chi connectivity index (χ4v) is 1.51. The second kappa shape index (κ2) is 6.10. The van der Waals surface area contributed by atoms with Crippen molar-refractivity contribution < 1.29 is 19.4 Å². The number of rotatable bonds is 5. The summed E-state index contributed by atoms with van der Waals surface area (Å²) in [7, 11) is 1.45. The van der Waals surface area contributed by atoms with Crippen molar-refractivity contribution in [3.05, 3.63) is 23.8 Å². The van der Waals surface area contributed by atoms with Crippen molar-refractivity contribution in [3.63, 3.8) is 0 Å². The predicted molar refractivity (Wildman–Crippen MR) is 62.8 cm³/mol. The van der Waals surface area contributed by atoms with Gasteiger partial charge in [0, 0.05) is 11.6 Å². The molecule has 0 amide bonds. The van der Waals surface area contributed by atoms with Gasteiger partial charge in [0.1, 0.15) is 0 Å². The number of ether oxygens (including phenoxy) is 2. The second-order valence-corrected chi connectivity index (χ2v) is 3.51. The molecule has 3 N–H and O–H groups in total. The van der Waals surface area contributed by atoms with Crippen LogP contribution < -0.4 is 10.5 Å². The Bertz CT molecular complexity index is 392. The van der Waals surface area contributed by atoms with E-state index in [1.165, 1.54) is 7.11 Å². The molecule has 0 unspecified atom stereocenters. The predicted octanol–water partition coefficient (Wildman–Crippen LogP) is 1.35. The van der Waals surface area contributed by atoms with E-state index in [1.807, 2.05) is 0 Å². The molecule has 0 bridgehead atoms. The number of carbonyl (C=O) groups excluding carboxylic acids is 1. The summed E-state index contributed by atoms with van der Waals surface area (Å²) in [5.41, 5.74) is 6.30. The van der Waals surface area contributed by atoms with Crippen molar-refractivity contribution >= 4 is 5.97 Å². The van der Waals surface area contributed by atoms with Crippen molar-refractivity contribution in [1.29, 1.82) is 0 Å². The lowest BCUT2D eigenvalue weighted by Gasteiger charge is -2.14. The van der Waals surface area contributed by atoms with Crippen LogP contribution in [-0.2, 0) is 9.53 Å². The van der Waals surface area contributed by atoms with Crippen LogP contribution in [0, 0.1) is 0 Å². The third-order valence-electron chi connectivity index (χ3n) is 2.34. The van der Waals surface area contributed by atoms with Gasteiger partial charge in [-0.1, -0.05) is 12.1 Å². The molecule has 5 nitrogen and oxygen atoms in total. The maximum Gasteiger partial charge on any atom is 0.307 e. The van der Waals surface area contributed by atoms with E-state index in [0.29, 0.717) is 17.9 Å². The van der Waals surface area contributed by atoms with Crippen molar-refractivity contribution in [3.8, 4) is 11.5 Å². The first kappa shape index (κ1) is 13.3. The Labute approximate surface area is 100 Å². The first-order valence-electron chi connectivity index (χ1n) is 5.37. The molecule has 0 heterocycles. The fraction of sp³-hybridized carbons (Fsp3) is 0.417. The number of phenols is 1. The lowest BCUT2D eigenvalue weighted by atomic mass is 10.0. The van der Waals surface area contributed by atoms with Crippen LogP contribution in [0.2, 0.25) is 0 Å². The highest BCUT2D eigenvalue weighted by Crippen LogP contribution is 2.33. The van der Waals surface area contributed by atoms with Gasteiger partial charge < -0.3 is 20.3 Å². The zero-order valence-electron chi connectivity index (χ0n) is 9.97. The van der Waals surface area contributed by atoms with E-state index in [4.69, 9.17) is 15.2 Å². The molecule has 0 saturated carbocycles. The van der Waals surface area contributed by atoms with Crippen molar-refractivity contribution in [2.75, 3.05) is 13.7 Å². The van der Waals surface area contributed by atoms with Gasteiger partial charge in [0.15, 0.2) is 11.5 Å². The summed E-state index contributed by atoms with van der Waals surface area (Å²) in [4.78, 5) is 11.3. The molecule has 94 valence electrons. The average Bonchev–Trinajstić information content (AvgIpc) is 2.29. The highest BCUT2D eigenvalue weighted by molar-refractivity contribution is 5.70. The maximum absolute atomic E-state index is 11.3. The van der Waals surface area contributed by atoms with Gasteiger partial charge in [-0.3, -0.25) is 4.79 Å². The van der Waals surface area contributed by atoms with E-state index in [9.17, 15) is 9.90 Å². The molecule has 0 aromatic heterocycles. The molecule has 0 radical (unpaired) electrons. The van der Waals surface area contributed by atoms with Crippen LogP contribution in [0.25, 0.3) is 0 Å². The Morgan fingerprint density at radius 3 is 2.82 bits per heavy atom. The first-order valence-corrected chi connectivity index (χ1v) is 5.37. The monoisotopic (exact) mass is 239 g/mol. The zero-order valence-corrected chi connectivity index (χ0v) is 9.97. The second-order valence-electron chi connectivity index (χ2n) is 3.51. The van der Waals surface area contributed by atoms with E-state index >= 15 is 0 Å². The van der Waals surface area contributed by atoms with Crippen LogP contribution in [0.15, 0.2) is 18.2 Å². The van der Waals surface area contributed by atoms with E-state index in [1.54, 1.807) is 25.1 Å². The van der Waals surface area contributed by atoms with Crippen LogP contribution in [0.1, 0.15) is 24.9 Å². The summed E-state index contributed by atoms with van der Waals surface area (Å²) in [6, 6.07) is 4.38. The van der Waals surface area contributed by atoms with Crippen LogP contribution in [0.5, 0.6) is 11.5 Å². The SMILES string of the molecule is CCOC(=O)C[C@@H](N)c1cccc(OC)c1O. The number of benzene rings is 1. The van der Waals surface area contributed by atoms with Crippen molar-refractivity contribution in [2.24, 2.45) is 5.73 Å². The van der Waals surface area contributed by atoms with Crippen LogP contribution in [0.3, 0.4) is 0 Å². The van der Waals surface area contributed by atoms with Gasteiger partial charge in [-0.2, -0.15) is 0 Å². The smallest absolute Gasteiger partial charge is 0.307 e. The number of esters is 1. The van der Waals surface area contributed by atoms with Gasteiger partial charge in [0.05, 0.1) is 20.1 Å². The molecule has 1 rings (SSSR count). The third-order valence-corrected chi connectivity index (χ3v) is 2.34. The minimum absolute atomic E-state index is 0.0224. The van der Waals surface area contributed by atoms with Crippen LogP contribution in [0.4, 0.5) is 0 Å². The third kappa shape index (κ3) is 3.35. The fourth-order valence-electron chi connectivity index (χ4n) is 1.51. The van der Waals surface area contributed by atoms with Gasteiger partial charge in [-0.05, 0) is 13.0 Å². The lowest BCUT2D eigenvalue weighted by molar-refractivity contribution is -0.143. The Morgan fingerprint density at radius 1 is 1.53 bits per heavy atom. The standard InChI is InChI=1S/C12H17NO4/c1-3-17-11(14)7-9(13)8-5-4-6-10(16-2)12(8)15/h4-6,9,15H,3,7,13H2,1-2H3/t9-/m1/s1. The van der Waals surface area contributed by atoms with Gasteiger partial charge in [0.2, 0.25) is 0 Å². The van der Waals surface area contributed by atoms with E-state index in [-0.39, 0.29) is 18.1 Å². The highest BCUT2D eigenvalue weighted by atomic mass is 16.5. The topological polar surface area (TPSA) is 81.8 Å². The van der Waals surface area contributed by atoms with Crippen molar-refractivity contribution in [2.45, 2.75) is 19.4 Å². The molecular weight excluding hydrogens is 222 g/mol. The number of nitrogens with two attached hydrogens (primary N) is 1. The molecule has 0 fully saturated rings. The van der Waals surface area contributed by atoms with Gasteiger partial charge >= 0.3 is 5.97 Å². The summed E-state index contributed by atoms with van der Waals surface area (Å²) in [6.07, 6.45) is 0.0224. The van der Waals surface area contributed by atoms with Crippen LogP contribution in [-0.4, -0.2) is 24.8 Å². The Hall–Kier alpha value is -1.75.